The lowest BCUT2D eigenvalue weighted by atomic mass is 9.91. The van der Waals surface area contributed by atoms with Crippen LogP contribution in [0.1, 0.15) is 26.7 Å². The van der Waals surface area contributed by atoms with Gasteiger partial charge < -0.3 is 15.4 Å². The second-order valence-corrected chi connectivity index (χ2v) is 6.08. The molecule has 0 bridgehead atoms. The van der Waals surface area contributed by atoms with E-state index in [0.29, 0.717) is 6.54 Å². The molecule has 1 saturated heterocycles. The molecule has 0 aromatic rings. The van der Waals surface area contributed by atoms with Crippen molar-refractivity contribution in [1.29, 1.82) is 0 Å². The Morgan fingerprint density at radius 3 is 2.45 bits per heavy atom. The number of nitrogens with zero attached hydrogens (tertiary/aromatic N) is 1. The van der Waals surface area contributed by atoms with Gasteiger partial charge in [-0.2, -0.15) is 0 Å². The number of amides is 2. The van der Waals surface area contributed by atoms with Crippen molar-refractivity contribution >= 4 is 11.8 Å². The molecule has 0 unspecified atom stereocenters. The minimum absolute atomic E-state index is 0.177. The summed E-state index contributed by atoms with van der Waals surface area (Å²) in [5, 5.41) is 5.75. The normalized spacial score (nSPS) is 20.5. The Bertz CT molecular complexity index is 361. The quantitative estimate of drug-likeness (QED) is 0.659. The Balaban J connectivity index is 1.70. The molecular weight excluding hydrogens is 258 g/mol. The molecule has 6 nitrogen and oxygen atoms in total. The standard InChI is InChI=1S/C14H25N3O3/c1-14(2,13(19)16-11-3-4-11)12(18)15-5-6-17-7-9-20-10-8-17/h11H,3-10H2,1-2H3,(H,15,18)(H,16,19). The maximum absolute atomic E-state index is 12.1. The van der Waals surface area contributed by atoms with Crippen LogP contribution in [0.15, 0.2) is 0 Å². The average Bonchev–Trinajstić information content (AvgIpc) is 3.23. The summed E-state index contributed by atoms with van der Waals surface area (Å²) in [4.78, 5) is 26.4. The van der Waals surface area contributed by atoms with Crippen LogP contribution >= 0.6 is 0 Å². The van der Waals surface area contributed by atoms with E-state index in [9.17, 15) is 9.59 Å². The maximum atomic E-state index is 12.1. The first-order chi connectivity index (χ1) is 9.50. The fourth-order valence-corrected chi connectivity index (χ4v) is 2.07. The highest BCUT2D eigenvalue weighted by atomic mass is 16.5. The summed E-state index contributed by atoms with van der Waals surface area (Å²) in [5.41, 5.74) is -1.01. The van der Waals surface area contributed by atoms with E-state index in [0.717, 1.165) is 45.7 Å². The summed E-state index contributed by atoms with van der Waals surface area (Å²) >= 11 is 0. The number of ether oxygens (including phenoxy) is 1. The molecule has 114 valence electrons. The smallest absolute Gasteiger partial charge is 0.235 e. The third-order valence-corrected chi connectivity index (χ3v) is 3.87. The van der Waals surface area contributed by atoms with Gasteiger partial charge in [0, 0.05) is 32.2 Å². The van der Waals surface area contributed by atoms with Crippen molar-refractivity contribution in [2.75, 3.05) is 39.4 Å². The third kappa shape index (κ3) is 4.18. The van der Waals surface area contributed by atoms with Crippen LogP contribution in [0.3, 0.4) is 0 Å². The highest BCUT2D eigenvalue weighted by Crippen LogP contribution is 2.22. The van der Waals surface area contributed by atoms with Crippen LogP contribution in [-0.4, -0.2) is 62.1 Å². The molecule has 6 heteroatoms. The van der Waals surface area contributed by atoms with E-state index < -0.39 is 5.41 Å². The van der Waals surface area contributed by atoms with Crippen LogP contribution in [0.4, 0.5) is 0 Å². The largest absolute Gasteiger partial charge is 0.379 e. The van der Waals surface area contributed by atoms with Crippen LogP contribution in [0.25, 0.3) is 0 Å². The summed E-state index contributed by atoms with van der Waals surface area (Å²) in [5.74, 6) is -0.382. The molecule has 2 rings (SSSR count). The Labute approximate surface area is 120 Å². The molecule has 20 heavy (non-hydrogen) atoms. The van der Waals surface area contributed by atoms with Crippen molar-refractivity contribution in [2.24, 2.45) is 5.41 Å². The molecular formula is C14H25N3O3. The van der Waals surface area contributed by atoms with E-state index in [1.807, 2.05) is 0 Å². The molecule has 1 aliphatic heterocycles. The number of hydrogen-bond donors (Lipinski definition) is 2. The molecule has 2 N–H and O–H groups in total. The minimum Gasteiger partial charge on any atom is -0.379 e. The van der Waals surface area contributed by atoms with Gasteiger partial charge in [-0.15, -0.1) is 0 Å². The average molecular weight is 283 g/mol. The van der Waals surface area contributed by atoms with E-state index in [1.54, 1.807) is 13.8 Å². The number of hydrogen-bond acceptors (Lipinski definition) is 4. The molecule has 1 heterocycles. The Morgan fingerprint density at radius 2 is 1.85 bits per heavy atom. The van der Waals surface area contributed by atoms with Crippen molar-refractivity contribution in [3.8, 4) is 0 Å². The van der Waals surface area contributed by atoms with Gasteiger partial charge in [-0.05, 0) is 26.7 Å². The molecule has 1 aliphatic carbocycles. The zero-order valence-corrected chi connectivity index (χ0v) is 12.4. The molecule has 0 atom stereocenters. The summed E-state index contributed by atoms with van der Waals surface area (Å²) in [6, 6.07) is 0.280. The Hall–Kier alpha value is -1.14. The fourth-order valence-electron chi connectivity index (χ4n) is 2.07. The number of rotatable bonds is 6. The topological polar surface area (TPSA) is 70.7 Å². The summed E-state index contributed by atoms with van der Waals surface area (Å²) in [6.07, 6.45) is 2.06. The predicted molar refractivity (Wildman–Crippen MR) is 75.2 cm³/mol. The van der Waals surface area contributed by atoms with E-state index in [4.69, 9.17) is 4.74 Å². The fraction of sp³-hybridized carbons (Fsp3) is 0.857. The van der Waals surface area contributed by atoms with Gasteiger partial charge in [0.05, 0.1) is 13.2 Å². The predicted octanol–water partition coefficient (Wildman–Crippen LogP) is -0.260. The van der Waals surface area contributed by atoms with Crippen molar-refractivity contribution in [3.05, 3.63) is 0 Å². The lowest BCUT2D eigenvalue weighted by molar-refractivity contribution is -0.141. The zero-order chi connectivity index (χ0) is 14.6. The minimum atomic E-state index is -1.01. The molecule has 2 aliphatic rings. The molecule has 2 fully saturated rings. The molecule has 2 amide bonds. The van der Waals surface area contributed by atoms with Gasteiger partial charge in [-0.3, -0.25) is 14.5 Å². The third-order valence-electron chi connectivity index (χ3n) is 3.87. The molecule has 1 saturated carbocycles. The van der Waals surface area contributed by atoms with Gasteiger partial charge in [0.2, 0.25) is 11.8 Å². The van der Waals surface area contributed by atoms with Crippen molar-refractivity contribution in [2.45, 2.75) is 32.7 Å². The number of carbonyl (C=O) groups is 2. The van der Waals surface area contributed by atoms with Crippen LogP contribution in [0.5, 0.6) is 0 Å². The lowest BCUT2D eigenvalue weighted by Gasteiger charge is -2.27. The number of nitrogens with one attached hydrogen (secondary N) is 2. The first-order valence-electron chi connectivity index (χ1n) is 7.39. The van der Waals surface area contributed by atoms with Crippen LogP contribution in [-0.2, 0) is 14.3 Å². The van der Waals surface area contributed by atoms with Crippen LogP contribution in [0, 0.1) is 5.41 Å². The first-order valence-corrected chi connectivity index (χ1v) is 7.39. The highest BCUT2D eigenvalue weighted by Gasteiger charge is 2.38. The van der Waals surface area contributed by atoms with Gasteiger partial charge in [0.25, 0.3) is 0 Å². The van der Waals surface area contributed by atoms with Crippen LogP contribution < -0.4 is 10.6 Å². The monoisotopic (exact) mass is 283 g/mol. The summed E-state index contributed by atoms with van der Waals surface area (Å²) in [7, 11) is 0. The Kier molecular flexibility index (Phi) is 4.99. The van der Waals surface area contributed by atoms with Gasteiger partial charge >= 0.3 is 0 Å². The van der Waals surface area contributed by atoms with Gasteiger partial charge in [-0.25, -0.2) is 0 Å². The lowest BCUT2D eigenvalue weighted by Crippen LogP contribution is -2.50. The SMILES string of the molecule is CC(C)(C(=O)NCCN1CCOCC1)C(=O)NC1CC1. The van der Waals surface area contributed by atoms with E-state index >= 15 is 0 Å². The van der Waals surface area contributed by atoms with Gasteiger partial charge in [0.1, 0.15) is 5.41 Å². The van der Waals surface area contributed by atoms with Gasteiger partial charge in [0.15, 0.2) is 0 Å². The summed E-state index contributed by atoms with van der Waals surface area (Å²) in [6.45, 7) is 8.04. The number of morpholine rings is 1. The first kappa shape index (κ1) is 15.3. The molecule has 0 aromatic heterocycles. The Morgan fingerprint density at radius 1 is 1.20 bits per heavy atom. The van der Waals surface area contributed by atoms with E-state index in [2.05, 4.69) is 15.5 Å². The van der Waals surface area contributed by atoms with Crippen molar-refractivity contribution in [3.63, 3.8) is 0 Å². The van der Waals surface area contributed by atoms with Crippen LogP contribution in [0.2, 0.25) is 0 Å². The summed E-state index contributed by atoms with van der Waals surface area (Å²) < 4.78 is 5.27. The van der Waals surface area contributed by atoms with Gasteiger partial charge in [-0.1, -0.05) is 0 Å². The molecule has 0 spiro atoms. The van der Waals surface area contributed by atoms with Crippen molar-refractivity contribution < 1.29 is 14.3 Å². The van der Waals surface area contributed by atoms with E-state index in [1.165, 1.54) is 0 Å². The molecule has 0 radical (unpaired) electrons. The second-order valence-electron chi connectivity index (χ2n) is 6.08. The van der Waals surface area contributed by atoms with E-state index in [-0.39, 0.29) is 17.9 Å². The molecule has 0 aromatic carbocycles. The second kappa shape index (κ2) is 6.54. The number of carbonyl (C=O) groups excluding carboxylic acids is 2. The highest BCUT2D eigenvalue weighted by molar-refractivity contribution is 6.04. The van der Waals surface area contributed by atoms with Crippen molar-refractivity contribution in [1.82, 2.24) is 15.5 Å². The maximum Gasteiger partial charge on any atom is 0.235 e. The zero-order valence-electron chi connectivity index (χ0n) is 12.4.